The fourth-order valence-electron chi connectivity index (χ4n) is 1.50. The van der Waals surface area contributed by atoms with Crippen molar-refractivity contribution < 1.29 is 22.4 Å². The molecule has 0 radical (unpaired) electrons. The van der Waals surface area contributed by atoms with Crippen LogP contribution >= 0.6 is 0 Å². The minimum atomic E-state index is -4.53. The van der Waals surface area contributed by atoms with Gasteiger partial charge in [0.25, 0.3) is 5.91 Å². The topological polar surface area (TPSA) is 46.3 Å². The van der Waals surface area contributed by atoms with Crippen LogP contribution < -0.4 is 5.73 Å². The molecule has 100 valence electrons. The smallest absolute Gasteiger partial charge is 0.399 e. The highest BCUT2D eigenvalue weighted by atomic mass is 19.4. The molecule has 1 rings (SSSR count). The summed E-state index contributed by atoms with van der Waals surface area (Å²) in [6, 6.07) is 2.33. The molecule has 1 aromatic rings. The highest BCUT2D eigenvalue weighted by Gasteiger charge is 2.32. The van der Waals surface area contributed by atoms with Gasteiger partial charge in [0, 0.05) is 12.7 Å². The normalized spacial score (nSPS) is 11.4. The highest BCUT2D eigenvalue weighted by Crippen LogP contribution is 2.21. The third-order valence-corrected chi connectivity index (χ3v) is 2.27. The van der Waals surface area contributed by atoms with Gasteiger partial charge in [0.15, 0.2) is 0 Å². The van der Waals surface area contributed by atoms with Crippen LogP contribution in [0.15, 0.2) is 12.1 Å². The van der Waals surface area contributed by atoms with E-state index in [0.717, 1.165) is 13.1 Å². The number of nitrogens with two attached hydrogens (primary N) is 1. The van der Waals surface area contributed by atoms with Gasteiger partial charge in [-0.1, -0.05) is 0 Å². The minimum absolute atomic E-state index is 0.110. The number of aryl methyl sites for hydroxylation is 1. The minimum Gasteiger partial charge on any atom is -0.399 e. The van der Waals surface area contributed by atoms with Crippen molar-refractivity contribution in [1.29, 1.82) is 0 Å². The second kappa shape index (κ2) is 4.83. The van der Waals surface area contributed by atoms with E-state index in [0.29, 0.717) is 4.90 Å². The molecule has 0 aliphatic carbocycles. The Kier molecular flexibility index (Phi) is 3.83. The standard InChI is InChI=1S/C11H12F4N2O/c1-6-3-7(16)4-8(9(6)12)10(18)17(2)5-11(13,14)15/h3-4H,5,16H2,1-2H3. The van der Waals surface area contributed by atoms with Crippen molar-refractivity contribution >= 4 is 11.6 Å². The molecule has 3 nitrogen and oxygen atoms in total. The van der Waals surface area contributed by atoms with Crippen molar-refractivity contribution in [1.82, 2.24) is 4.90 Å². The molecule has 2 N–H and O–H groups in total. The molecular weight excluding hydrogens is 252 g/mol. The first kappa shape index (κ1) is 14.3. The second-order valence-corrected chi connectivity index (χ2v) is 3.98. The van der Waals surface area contributed by atoms with E-state index >= 15 is 0 Å². The summed E-state index contributed by atoms with van der Waals surface area (Å²) in [7, 11) is 0.952. The van der Waals surface area contributed by atoms with Gasteiger partial charge in [-0.05, 0) is 24.6 Å². The molecule has 0 heterocycles. The van der Waals surface area contributed by atoms with Crippen molar-refractivity contribution in [2.75, 3.05) is 19.3 Å². The lowest BCUT2D eigenvalue weighted by Crippen LogP contribution is -2.36. The average Bonchev–Trinajstić information content (AvgIpc) is 2.19. The van der Waals surface area contributed by atoms with E-state index in [1.54, 1.807) is 0 Å². The van der Waals surface area contributed by atoms with Crippen LogP contribution in [0.3, 0.4) is 0 Å². The van der Waals surface area contributed by atoms with Crippen LogP contribution in [-0.4, -0.2) is 30.6 Å². The summed E-state index contributed by atoms with van der Waals surface area (Å²) in [6.45, 7) is -0.0641. The lowest BCUT2D eigenvalue weighted by Gasteiger charge is -2.19. The summed E-state index contributed by atoms with van der Waals surface area (Å²) in [5.74, 6) is -1.91. The number of benzene rings is 1. The fourth-order valence-corrected chi connectivity index (χ4v) is 1.50. The van der Waals surface area contributed by atoms with E-state index in [-0.39, 0.29) is 11.3 Å². The maximum absolute atomic E-state index is 13.6. The molecule has 7 heteroatoms. The van der Waals surface area contributed by atoms with Crippen LogP contribution in [0.1, 0.15) is 15.9 Å². The Morgan fingerprint density at radius 2 is 1.94 bits per heavy atom. The van der Waals surface area contributed by atoms with Crippen LogP contribution in [0.25, 0.3) is 0 Å². The number of hydrogen-bond acceptors (Lipinski definition) is 2. The zero-order valence-electron chi connectivity index (χ0n) is 9.81. The zero-order chi connectivity index (χ0) is 14.1. The predicted molar refractivity (Wildman–Crippen MR) is 58.6 cm³/mol. The number of carbonyl (C=O) groups is 1. The van der Waals surface area contributed by atoms with E-state index in [9.17, 15) is 22.4 Å². The first-order valence-electron chi connectivity index (χ1n) is 4.99. The van der Waals surface area contributed by atoms with E-state index in [1.807, 2.05) is 0 Å². The Balaban J connectivity index is 3.04. The van der Waals surface area contributed by atoms with E-state index < -0.39 is 30.0 Å². The Morgan fingerprint density at radius 1 is 1.39 bits per heavy atom. The number of amides is 1. The molecule has 0 spiro atoms. The molecule has 0 aliphatic heterocycles. The Labute approximate surface area is 101 Å². The Bertz CT molecular complexity index is 471. The van der Waals surface area contributed by atoms with Gasteiger partial charge in [-0.15, -0.1) is 0 Å². The first-order valence-corrected chi connectivity index (χ1v) is 4.99. The monoisotopic (exact) mass is 264 g/mol. The fraction of sp³-hybridized carbons (Fsp3) is 0.364. The van der Waals surface area contributed by atoms with Crippen molar-refractivity contribution in [2.24, 2.45) is 0 Å². The van der Waals surface area contributed by atoms with E-state index in [1.165, 1.54) is 13.0 Å². The molecule has 0 atom stereocenters. The van der Waals surface area contributed by atoms with Gasteiger partial charge in [0.1, 0.15) is 12.4 Å². The van der Waals surface area contributed by atoms with Crippen LogP contribution in [0.2, 0.25) is 0 Å². The summed E-state index contributed by atoms with van der Waals surface area (Å²) in [5, 5.41) is 0. The van der Waals surface area contributed by atoms with E-state index in [4.69, 9.17) is 5.73 Å². The summed E-state index contributed by atoms with van der Waals surface area (Å²) in [6.07, 6.45) is -4.53. The van der Waals surface area contributed by atoms with Gasteiger partial charge in [0.05, 0.1) is 5.56 Å². The summed E-state index contributed by atoms with van der Waals surface area (Å²) >= 11 is 0. The molecular formula is C11H12F4N2O. The number of rotatable bonds is 2. The largest absolute Gasteiger partial charge is 0.406 e. The number of anilines is 1. The summed E-state index contributed by atoms with van der Waals surface area (Å²) in [5.41, 5.74) is 5.21. The van der Waals surface area contributed by atoms with Crippen molar-refractivity contribution in [3.05, 3.63) is 29.1 Å². The van der Waals surface area contributed by atoms with Crippen LogP contribution in [0.5, 0.6) is 0 Å². The highest BCUT2D eigenvalue weighted by molar-refractivity contribution is 5.95. The summed E-state index contributed by atoms with van der Waals surface area (Å²) < 4.78 is 50.0. The molecule has 1 amide bonds. The zero-order valence-corrected chi connectivity index (χ0v) is 9.81. The molecule has 0 saturated carbocycles. The lowest BCUT2D eigenvalue weighted by molar-refractivity contribution is -0.138. The third kappa shape index (κ3) is 3.35. The number of nitrogen functional groups attached to an aromatic ring is 1. The van der Waals surface area contributed by atoms with E-state index in [2.05, 4.69) is 0 Å². The van der Waals surface area contributed by atoms with Gasteiger partial charge in [-0.3, -0.25) is 4.79 Å². The van der Waals surface area contributed by atoms with Crippen LogP contribution in [-0.2, 0) is 0 Å². The molecule has 0 aliphatic rings. The maximum atomic E-state index is 13.6. The van der Waals surface area contributed by atoms with Crippen molar-refractivity contribution in [3.63, 3.8) is 0 Å². The number of alkyl halides is 3. The first-order chi connectivity index (χ1) is 8.11. The van der Waals surface area contributed by atoms with Gasteiger partial charge in [0.2, 0.25) is 0 Å². The third-order valence-electron chi connectivity index (χ3n) is 2.27. The molecule has 0 fully saturated rings. The lowest BCUT2D eigenvalue weighted by atomic mass is 10.1. The van der Waals surface area contributed by atoms with Gasteiger partial charge >= 0.3 is 6.18 Å². The molecule has 18 heavy (non-hydrogen) atoms. The number of nitrogens with zero attached hydrogens (tertiary/aromatic N) is 1. The molecule has 1 aromatic carbocycles. The summed E-state index contributed by atoms with van der Waals surface area (Å²) in [4.78, 5) is 12.1. The Hall–Kier alpha value is -1.79. The molecule has 0 bridgehead atoms. The predicted octanol–water partition coefficient (Wildman–Crippen LogP) is 2.35. The average molecular weight is 264 g/mol. The SMILES string of the molecule is Cc1cc(N)cc(C(=O)N(C)CC(F)(F)F)c1F. The number of hydrogen-bond donors (Lipinski definition) is 1. The van der Waals surface area contributed by atoms with Gasteiger partial charge in [-0.2, -0.15) is 13.2 Å². The second-order valence-electron chi connectivity index (χ2n) is 3.98. The Morgan fingerprint density at radius 3 is 2.44 bits per heavy atom. The molecule has 0 aromatic heterocycles. The molecule has 0 unspecified atom stereocenters. The van der Waals surface area contributed by atoms with Crippen molar-refractivity contribution in [2.45, 2.75) is 13.1 Å². The number of halogens is 4. The van der Waals surface area contributed by atoms with Crippen LogP contribution in [0.4, 0.5) is 23.2 Å². The van der Waals surface area contributed by atoms with Crippen molar-refractivity contribution in [3.8, 4) is 0 Å². The number of carbonyl (C=O) groups excluding carboxylic acids is 1. The van der Waals surface area contributed by atoms with Gasteiger partial charge < -0.3 is 10.6 Å². The van der Waals surface area contributed by atoms with Crippen LogP contribution in [0, 0.1) is 12.7 Å². The van der Waals surface area contributed by atoms with Gasteiger partial charge in [-0.25, -0.2) is 4.39 Å². The molecule has 0 saturated heterocycles. The maximum Gasteiger partial charge on any atom is 0.406 e. The quantitative estimate of drug-likeness (QED) is 0.658.